The molecule has 0 atom stereocenters. The van der Waals surface area contributed by atoms with Crippen molar-refractivity contribution in [3.8, 4) is 0 Å². The van der Waals surface area contributed by atoms with E-state index >= 15 is 0 Å². The van der Waals surface area contributed by atoms with E-state index in [9.17, 15) is 0 Å². The lowest BCUT2D eigenvalue weighted by Gasteiger charge is -2.14. The van der Waals surface area contributed by atoms with Crippen molar-refractivity contribution in [2.24, 2.45) is 0 Å². The van der Waals surface area contributed by atoms with Crippen LogP contribution in [-0.2, 0) is 0 Å². The molecule has 0 spiro atoms. The fraction of sp³-hybridized carbons (Fsp3) is 0.182. The van der Waals surface area contributed by atoms with Gasteiger partial charge in [-0.1, -0.05) is 0 Å². The van der Waals surface area contributed by atoms with E-state index in [-0.39, 0.29) is 0 Å². The first-order chi connectivity index (χ1) is 12.5. The Balaban J connectivity index is 1.62. The van der Waals surface area contributed by atoms with Gasteiger partial charge >= 0.3 is 0 Å². The summed E-state index contributed by atoms with van der Waals surface area (Å²) in [5.41, 5.74) is 6.67. The van der Waals surface area contributed by atoms with Crippen LogP contribution < -0.4 is 20.4 Å². The molecule has 0 radical (unpaired) electrons. The van der Waals surface area contributed by atoms with Crippen molar-refractivity contribution in [3.05, 3.63) is 72.8 Å². The lowest BCUT2D eigenvalue weighted by atomic mass is 10.2. The normalized spacial score (nSPS) is 10.3. The summed E-state index contributed by atoms with van der Waals surface area (Å²) in [6.07, 6.45) is 0. The minimum absolute atomic E-state index is 1.07. The molecule has 0 unspecified atom stereocenters. The number of anilines is 6. The van der Waals surface area contributed by atoms with E-state index in [0.29, 0.717) is 0 Å². The topological polar surface area (TPSA) is 30.5 Å². The first kappa shape index (κ1) is 17.7. The zero-order valence-corrected chi connectivity index (χ0v) is 15.8. The van der Waals surface area contributed by atoms with E-state index < -0.39 is 0 Å². The van der Waals surface area contributed by atoms with Gasteiger partial charge in [0.1, 0.15) is 0 Å². The van der Waals surface area contributed by atoms with Crippen LogP contribution in [0.5, 0.6) is 0 Å². The van der Waals surface area contributed by atoms with E-state index in [2.05, 4.69) is 93.2 Å². The Morgan fingerprint density at radius 2 is 0.654 bits per heavy atom. The lowest BCUT2D eigenvalue weighted by Crippen LogP contribution is -2.08. The molecule has 4 heteroatoms. The van der Waals surface area contributed by atoms with Gasteiger partial charge in [-0.15, -0.1) is 0 Å². The van der Waals surface area contributed by atoms with Crippen LogP contribution in [0.3, 0.4) is 0 Å². The van der Waals surface area contributed by atoms with Crippen LogP contribution in [0, 0.1) is 0 Å². The first-order valence-electron chi connectivity index (χ1n) is 8.70. The summed E-state index contributed by atoms with van der Waals surface area (Å²) in [5, 5.41) is 6.86. The smallest absolute Gasteiger partial charge is 0.0385 e. The number of nitrogens with one attached hydrogen (secondary N) is 2. The Morgan fingerprint density at radius 1 is 0.423 bits per heavy atom. The maximum absolute atomic E-state index is 3.43. The second-order valence-corrected chi connectivity index (χ2v) is 6.71. The quantitative estimate of drug-likeness (QED) is 0.633. The summed E-state index contributed by atoms with van der Waals surface area (Å²) >= 11 is 0. The maximum Gasteiger partial charge on any atom is 0.0385 e. The number of hydrogen-bond acceptors (Lipinski definition) is 4. The van der Waals surface area contributed by atoms with Crippen molar-refractivity contribution in [2.45, 2.75) is 0 Å². The molecule has 0 aliphatic carbocycles. The molecule has 4 nitrogen and oxygen atoms in total. The highest BCUT2D eigenvalue weighted by Crippen LogP contribution is 2.24. The lowest BCUT2D eigenvalue weighted by molar-refractivity contribution is 1.13. The second-order valence-electron chi connectivity index (χ2n) is 6.71. The zero-order valence-electron chi connectivity index (χ0n) is 15.8. The van der Waals surface area contributed by atoms with Crippen LogP contribution in [0.15, 0.2) is 72.8 Å². The van der Waals surface area contributed by atoms with Gasteiger partial charge in [-0.2, -0.15) is 0 Å². The third kappa shape index (κ3) is 4.48. The minimum atomic E-state index is 1.07. The van der Waals surface area contributed by atoms with Gasteiger partial charge in [0.2, 0.25) is 0 Å². The second kappa shape index (κ2) is 7.83. The Bertz CT molecular complexity index is 747. The van der Waals surface area contributed by atoms with Crippen molar-refractivity contribution in [2.75, 3.05) is 48.6 Å². The summed E-state index contributed by atoms with van der Waals surface area (Å²) in [6, 6.07) is 25.1. The summed E-state index contributed by atoms with van der Waals surface area (Å²) in [5.74, 6) is 0. The molecule has 3 aromatic carbocycles. The van der Waals surface area contributed by atoms with Gasteiger partial charge in [-0.25, -0.2) is 0 Å². The monoisotopic (exact) mass is 346 g/mol. The molecule has 0 aromatic heterocycles. The number of benzene rings is 3. The van der Waals surface area contributed by atoms with Gasteiger partial charge in [-0.3, -0.25) is 0 Å². The Kier molecular flexibility index (Phi) is 5.32. The molecule has 0 saturated carbocycles. The average molecular weight is 346 g/mol. The van der Waals surface area contributed by atoms with Crippen LogP contribution in [0.25, 0.3) is 0 Å². The molecule has 0 fully saturated rings. The van der Waals surface area contributed by atoms with E-state index in [4.69, 9.17) is 0 Å². The molecule has 0 aliphatic rings. The number of nitrogens with zero attached hydrogens (tertiary/aromatic N) is 2. The highest BCUT2D eigenvalue weighted by Gasteiger charge is 2.00. The minimum Gasteiger partial charge on any atom is -0.378 e. The predicted molar refractivity (Wildman–Crippen MR) is 115 cm³/mol. The van der Waals surface area contributed by atoms with Gasteiger partial charge in [0, 0.05) is 62.3 Å². The highest BCUT2D eigenvalue weighted by molar-refractivity contribution is 5.67. The number of hydrogen-bond donors (Lipinski definition) is 2. The Morgan fingerprint density at radius 3 is 0.885 bits per heavy atom. The fourth-order valence-corrected chi connectivity index (χ4v) is 2.66. The molecular formula is C22H26N4. The zero-order chi connectivity index (χ0) is 18.5. The largest absolute Gasteiger partial charge is 0.378 e. The van der Waals surface area contributed by atoms with Crippen molar-refractivity contribution < 1.29 is 0 Å². The average Bonchev–Trinajstić information content (AvgIpc) is 2.64. The van der Waals surface area contributed by atoms with E-state index in [1.165, 1.54) is 11.4 Å². The molecule has 0 bridgehead atoms. The molecule has 2 N–H and O–H groups in total. The maximum atomic E-state index is 3.43. The third-order valence-electron chi connectivity index (χ3n) is 4.23. The molecule has 0 aliphatic heterocycles. The summed E-state index contributed by atoms with van der Waals surface area (Å²) < 4.78 is 0. The van der Waals surface area contributed by atoms with E-state index in [0.717, 1.165) is 22.7 Å². The summed E-state index contributed by atoms with van der Waals surface area (Å²) in [6.45, 7) is 0. The van der Waals surface area contributed by atoms with Crippen LogP contribution >= 0.6 is 0 Å². The van der Waals surface area contributed by atoms with Crippen molar-refractivity contribution in [3.63, 3.8) is 0 Å². The standard InChI is InChI=1S/C22H26N4/c1-25(2)21-13-9-19(10-14-21)23-17-5-7-18(8-6-17)24-20-11-15-22(16-12-20)26(3)4/h5-16,23-24H,1-4H3. The molecule has 26 heavy (non-hydrogen) atoms. The number of rotatable bonds is 6. The van der Waals surface area contributed by atoms with Crippen LogP contribution in [-0.4, -0.2) is 28.2 Å². The van der Waals surface area contributed by atoms with Crippen LogP contribution in [0.2, 0.25) is 0 Å². The predicted octanol–water partition coefficient (Wildman–Crippen LogP) is 5.31. The molecule has 0 heterocycles. The highest BCUT2D eigenvalue weighted by atomic mass is 15.1. The molecule has 0 amide bonds. The van der Waals surface area contributed by atoms with Crippen molar-refractivity contribution in [1.29, 1.82) is 0 Å². The Labute approximate surface area is 156 Å². The molecule has 0 saturated heterocycles. The molecule has 3 aromatic rings. The summed E-state index contributed by atoms with van der Waals surface area (Å²) in [7, 11) is 8.18. The summed E-state index contributed by atoms with van der Waals surface area (Å²) in [4.78, 5) is 4.19. The van der Waals surface area contributed by atoms with Gasteiger partial charge in [0.05, 0.1) is 0 Å². The SMILES string of the molecule is CN(C)c1ccc(Nc2ccc(Nc3ccc(N(C)C)cc3)cc2)cc1. The van der Waals surface area contributed by atoms with Crippen molar-refractivity contribution >= 4 is 34.1 Å². The first-order valence-corrected chi connectivity index (χ1v) is 8.70. The molecular weight excluding hydrogens is 320 g/mol. The van der Waals surface area contributed by atoms with Gasteiger partial charge in [-0.05, 0) is 72.8 Å². The Hall–Kier alpha value is -3.14. The van der Waals surface area contributed by atoms with Crippen LogP contribution in [0.4, 0.5) is 34.1 Å². The van der Waals surface area contributed by atoms with Gasteiger partial charge in [0.25, 0.3) is 0 Å². The van der Waals surface area contributed by atoms with Gasteiger partial charge < -0.3 is 20.4 Å². The third-order valence-corrected chi connectivity index (χ3v) is 4.23. The van der Waals surface area contributed by atoms with Crippen molar-refractivity contribution in [1.82, 2.24) is 0 Å². The van der Waals surface area contributed by atoms with Gasteiger partial charge in [0.15, 0.2) is 0 Å². The molecule has 3 rings (SSSR count). The fourth-order valence-electron chi connectivity index (χ4n) is 2.66. The van der Waals surface area contributed by atoms with E-state index in [1.54, 1.807) is 0 Å². The van der Waals surface area contributed by atoms with Crippen LogP contribution in [0.1, 0.15) is 0 Å². The molecule has 134 valence electrons. The van der Waals surface area contributed by atoms with E-state index in [1.807, 2.05) is 28.2 Å².